The molecule has 0 unspecified atom stereocenters. The van der Waals surface area contributed by atoms with Gasteiger partial charge < -0.3 is 4.42 Å². The number of carbonyl (C=O) groups is 1. The molecule has 0 aromatic carbocycles. The number of nitrogens with zero attached hydrogens (tertiary/aromatic N) is 2. The van der Waals surface area contributed by atoms with Crippen LogP contribution < -0.4 is 5.69 Å². The van der Waals surface area contributed by atoms with E-state index in [4.69, 9.17) is 4.42 Å². The van der Waals surface area contributed by atoms with Crippen LogP contribution in [-0.2, 0) is 6.54 Å². The Morgan fingerprint density at radius 2 is 2.33 bits per heavy atom. The molecule has 0 amide bonds. The second-order valence-electron chi connectivity index (χ2n) is 3.74. The summed E-state index contributed by atoms with van der Waals surface area (Å²) in [7, 11) is 0. The number of H-pyrrole nitrogens is 1. The number of hydrogen-bond donors (Lipinski definition) is 1. The molecule has 2 rings (SSSR count). The molecule has 0 saturated heterocycles. The van der Waals surface area contributed by atoms with E-state index in [0.29, 0.717) is 22.6 Å². The fourth-order valence-corrected chi connectivity index (χ4v) is 2.28. The Labute approximate surface area is 107 Å². The van der Waals surface area contributed by atoms with Gasteiger partial charge in [0, 0.05) is 13.5 Å². The number of furan rings is 1. The van der Waals surface area contributed by atoms with Crippen LogP contribution in [-0.4, -0.2) is 20.5 Å². The van der Waals surface area contributed by atoms with Crippen molar-refractivity contribution in [2.24, 2.45) is 0 Å². The van der Waals surface area contributed by atoms with E-state index in [2.05, 4.69) is 10.2 Å². The Hall–Kier alpha value is -1.76. The minimum absolute atomic E-state index is 0.130. The number of aromatic nitrogens is 3. The van der Waals surface area contributed by atoms with E-state index in [1.807, 2.05) is 6.92 Å². The number of rotatable bonds is 5. The fourth-order valence-electron chi connectivity index (χ4n) is 1.46. The van der Waals surface area contributed by atoms with Gasteiger partial charge in [0.2, 0.25) is 0 Å². The zero-order valence-electron chi connectivity index (χ0n) is 10.1. The SMILES string of the molecule is CCCn1c(Sc2ccc(C(C)=O)o2)n[nH]c1=O. The third kappa shape index (κ3) is 2.56. The highest BCUT2D eigenvalue weighted by Gasteiger charge is 2.13. The average Bonchev–Trinajstić information content (AvgIpc) is 2.91. The molecule has 1 N–H and O–H groups in total. The van der Waals surface area contributed by atoms with E-state index in [1.165, 1.54) is 18.7 Å². The Morgan fingerprint density at radius 3 is 2.94 bits per heavy atom. The maximum atomic E-state index is 11.5. The smallest absolute Gasteiger partial charge is 0.343 e. The molecule has 0 atom stereocenters. The minimum Gasteiger partial charge on any atom is -0.446 e. The monoisotopic (exact) mass is 267 g/mol. The second kappa shape index (κ2) is 5.26. The molecule has 96 valence electrons. The summed E-state index contributed by atoms with van der Waals surface area (Å²) in [6.45, 7) is 4.02. The predicted molar refractivity (Wildman–Crippen MR) is 66.0 cm³/mol. The molecule has 2 heterocycles. The summed E-state index contributed by atoms with van der Waals surface area (Å²) in [5.41, 5.74) is -0.238. The first kappa shape index (κ1) is 12.7. The summed E-state index contributed by atoms with van der Waals surface area (Å²) in [5.74, 6) is 0.173. The third-order valence-corrected chi connectivity index (χ3v) is 3.21. The van der Waals surface area contributed by atoms with Crippen LogP contribution in [0, 0.1) is 0 Å². The van der Waals surface area contributed by atoms with Gasteiger partial charge in [0.25, 0.3) is 0 Å². The molecule has 18 heavy (non-hydrogen) atoms. The van der Waals surface area contributed by atoms with Gasteiger partial charge in [-0.25, -0.2) is 9.89 Å². The van der Waals surface area contributed by atoms with Crippen LogP contribution in [0.1, 0.15) is 30.8 Å². The van der Waals surface area contributed by atoms with Crippen molar-refractivity contribution in [1.29, 1.82) is 0 Å². The first-order valence-electron chi connectivity index (χ1n) is 5.55. The lowest BCUT2D eigenvalue weighted by atomic mass is 10.3. The molecule has 0 fully saturated rings. The van der Waals surface area contributed by atoms with Crippen LogP contribution >= 0.6 is 11.8 Å². The number of ketones is 1. The minimum atomic E-state index is -0.238. The molecule has 2 aromatic heterocycles. The molecule has 2 aromatic rings. The molecule has 0 radical (unpaired) electrons. The van der Waals surface area contributed by atoms with Crippen LogP contribution in [0.5, 0.6) is 0 Å². The van der Waals surface area contributed by atoms with Crippen molar-refractivity contribution in [3.05, 3.63) is 28.4 Å². The standard InChI is InChI=1S/C11H13N3O3S/c1-3-6-14-10(16)12-13-11(14)18-9-5-4-8(17-9)7(2)15/h4-5H,3,6H2,1-2H3,(H,12,16). The predicted octanol–water partition coefficient (Wildman–Crippen LogP) is 1.93. The van der Waals surface area contributed by atoms with Crippen molar-refractivity contribution >= 4 is 17.5 Å². The van der Waals surface area contributed by atoms with Gasteiger partial charge in [0.15, 0.2) is 21.8 Å². The Kier molecular flexibility index (Phi) is 3.71. The second-order valence-corrected chi connectivity index (χ2v) is 4.71. The zero-order chi connectivity index (χ0) is 13.1. The van der Waals surface area contributed by atoms with Crippen molar-refractivity contribution in [1.82, 2.24) is 14.8 Å². The maximum absolute atomic E-state index is 11.5. The van der Waals surface area contributed by atoms with Crippen molar-refractivity contribution in [2.45, 2.75) is 37.1 Å². The van der Waals surface area contributed by atoms with E-state index in [0.717, 1.165) is 6.42 Å². The number of hydrogen-bond acceptors (Lipinski definition) is 5. The average molecular weight is 267 g/mol. The highest BCUT2D eigenvalue weighted by molar-refractivity contribution is 7.99. The molecule has 7 heteroatoms. The van der Waals surface area contributed by atoms with Crippen molar-refractivity contribution in [3.8, 4) is 0 Å². The number of Topliss-reactive ketones (excluding diaryl/α,β-unsaturated/α-hetero) is 1. The highest BCUT2D eigenvalue weighted by Crippen LogP contribution is 2.27. The molecular formula is C11H13N3O3S. The van der Waals surface area contributed by atoms with Gasteiger partial charge >= 0.3 is 5.69 Å². The van der Waals surface area contributed by atoms with Gasteiger partial charge in [-0.1, -0.05) is 6.92 Å². The van der Waals surface area contributed by atoms with E-state index in [9.17, 15) is 9.59 Å². The van der Waals surface area contributed by atoms with Gasteiger partial charge in [-0.2, -0.15) is 0 Å². The number of nitrogens with one attached hydrogen (secondary N) is 1. The largest absolute Gasteiger partial charge is 0.446 e. The fraction of sp³-hybridized carbons (Fsp3) is 0.364. The van der Waals surface area contributed by atoms with Crippen LogP contribution in [0.15, 0.2) is 31.6 Å². The molecule has 6 nitrogen and oxygen atoms in total. The lowest BCUT2D eigenvalue weighted by Crippen LogP contribution is -2.17. The van der Waals surface area contributed by atoms with Crippen LogP contribution in [0.3, 0.4) is 0 Å². The molecule has 0 aliphatic rings. The van der Waals surface area contributed by atoms with Crippen molar-refractivity contribution in [3.63, 3.8) is 0 Å². The van der Waals surface area contributed by atoms with E-state index in [1.54, 1.807) is 16.7 Å². The quantitative estimate of drug-likeness (QED) is 0.837. The Bertz CT molecular complexity index is 611. The summed E-state index contributed by atoms with van der Waals surface area (Å²) < 4.78 is 6.88. The summed E-state index contributed by atoms with van der Waals surface area (Å²) in [6.07, 6.45) is 0.837. The van der Waals surface area contributed by atoms with Gasteiger partial charge in [0.05, 0.1) is 0 Å². The van der Waals surface area contributed by atoms with E-state index >= 15 is 0 Å². The van der Waals surface area contributed by atoms with Gasteiger partial charge in [-0.15, -0.1) is 5.10 Å². The lowest BCUT2D eigenvalue weighted by molar-refractivity contribution is 0.0982. The summed E-state index contributed by atoms with van der Waals surface area (Å²) >= 11 is 1.21. The molecule has 0 aliphatic heterocycles. The first-order chi connectivity index (χ1) is 8.61. The third-order valence-electron chi connectivity index (χ3n) is 2.29. The molecular weight excluding hydrogens is 254 g/mol. The van der Waals surface area contributed by atoms with Crippen molar-refractivity contribution in [2.75, 3.05) is 0 Å². The summed E-state index contributed by atoms with van der Waals surface area (Å²) in [4.78, 5) is 22.6. The van der Waals surface area contributed by atoms with E-state index < -0.39 is 0 Å². The lowest BCUT2D eigenvalue weighted by Gasteiger charge is -2.00. The Balaban J connectivity index is 2.22. The summed E-state index contributed by atoms with van der Waals surface area (Å²) in [6, 6.07) is 3.30. The van der Waals surface area contributed by atoms with Gasteiger partial charge in [0.1, 0.15) is 0 Å². The normalized spacial score (nSPS) is 10.8. The molecule has 0 aliphatic carbocycles. The Morgan fingerprint density at radius 1 is 1.56 bits per heavy atom. The van der Waals surface area contributed by atoms with Crippen molar-refractivity contribution < 1.29 is 9.21 Å². The highest BCUT2D eigenvalue weighted by atomic mass is 32.2. The van der Waals surface area contributed by atoms with Crippen LogP contribution in [0.2, 0.25) is 0 Å². The van der Waals surface area contributed by atoms with Crippen LogP contribution in [0.25, 0.3) is 0 Å². The number of carbonyl (C=O) groups excluding carboxylic acids is 1. The summed E-state index contributed by atoms with van der Waals surface area (Å²) in [5, 5.41) is 7.40. The van der Waals surface area contributed by atoms with Gasteiger partial charge in [-0.05, 0) is 30.3 Å². The maximum Gasteiger partial charge on any atom is 0.343 e. The van der Waals surface area contributed by atoms with E-state index in [-0.39, 0.29) is 11.5 Å². The molecule has 0 saturated carbocycles. The van der Waals surface area contributed by atoms with Gasteiger partial charge in [-0.3, -0.25) is 9.36 Å². The molecule has 0 spiro atoms. The zero-order valence-corrected chi connectivity index (χ0v) is 10.9. The van der Waals surface area contributed by atoms with Crippen LogP contribution in [0.4, 0.5) is 0 Å². The topological polar surface area (TPSA) is 80.9 Å². The number of aromatic amines is 1. The first-order valence-corrected chi connectivity index (χ1v) is 6.37. The molecule has 0 bridgehead atoms.